The van der Waals surface area contributed by atoms with Crippen LogP contribution in [0.25, 0.3) is 76.9 Å². The van der Waals surface area contributed by atoms with Crippen LogP contribution in [0, 0.1) is 0 Å². The molecule has 0 spiro atoms. The number of hydrogen-bond acceptors (Lipinski definition) is 0. The van der Waals surface area contributed by atoms with E-state index < -0.39 is 8.07 Å². The Bertz CT molecular complexity index is 3270. The molecule has 0 unspecified atom stereocenters. The molecule has 2 aromatic heterocycles. The van der Waals surface area contributed by atoms with Gasteiger partial charge in [-0.3, -0.25) is 0 Å². The largest absolute Gasteiger partial charge is 0.309 e. The highest BCUT2D eigenvalue weighted by molar-refractivity contribution is 7.22. The van der Waals surface area contributed by atoms with Crippen LogP contribution in [0.1, 0.15) is 0 Å². The van der Waals surface area contributed by atoms with E-state index in [1.54, 1.807) is 0 Å². The summed E-state index contributed by atoms with van der Waals surface area (Å²) < 4.78 is 4.90. The fourth-order valence-corrected chi connectivity index (χ4v) is 15.1. The molecule has 3 heteroatoms. The molecule has 1 aliphatic heterocycles. The molecule has 9 aromatic carbocycles. The predicted molar refractivity (Wildman–Crippen MR) is 235 cm³/mol. The maximum Gasteiger partial charge on any atom is 0.180 e. The molecule has 0 radical (unpaired) electrons. The third kappa shape index (κ3) is 4.13. The van der Waals surface area contributed by atoms with Crippen LogP contribution >= 0.6 is 0 Å². The first kappa shape index (κ1) is 30.5. The summed E-state index contributed by atoms with van der Waals surface area (Å²) in [5.41, 5.74) is 9.94. The lowest BCUT2D eigenvalue weighted by Crippen LogP contribution is -2.72. The Hall–Kier alpha value is -6.94. The Labute approximate surface area is 319 Å². The summed E-state index contributed by atoms with van der Waals surface area (Å²) in [6.07, 6.45) is 0. The van der Waals surface area contributed by atoms with Crippen LogP contribution in [0.2, 0.25) is 0 Å². The third-order valence-electron chi connectivity index (χ3n) is 12.2. The zero-order valence-electron chi connectivity index (χ0n) is 30.0. The highest BCUT2D eigenvalue weighted by Gasteiger charge is 2.48. The second-order valence-corrected chi connectivity index (χ2v) is 18.6. The van der Waals surface area contributed by atoms with Gasteiger partial charge in [0.25, 0.3) is 0 Å². The van der Waals surface area contributed by atoms with E-state index in [0.29, 0.717) is 0 Å². The quantitative estimate of drug-likeness (QED) is 0.161. The minimum atomic E-state index is -2.55. The summed E-state index contributed by atoms with van der Waals surface area (Å²) in [5, 5.41) is 13.4. The zero-order chi connectivity index (χ0) is 36.1. The standard InChI is InChI=1S/C52H34N2Si/c1-2-15-38(16-3-1)55(50-24-12-8-19-42(50)43-20-9-13-25-51(43)55)39-30-27-36(28-31-39)53-46-22-10-6-18-41(46)45-34-37(29-33-48(45)53)54-47-23-11-7-21-44(47)52-40-17-5-4-14-35(40)26-32-49(52)54/h1-34H. The molecule has 2 nitrogen and oxygen atoms in total. The molecular formula is C52H34N2Si. The number of aromatic nitrogens is 2. The van der Waals surface area contributed by atoms with Crippen molar-refractivity contribution < 1.29 is 0 Å². The van der Waals surface area contributed by atoms with Gasteiger partial charge in [0.1, 0.15) is 0 Å². The molecule has 55 heavy (non-hydrogen) atoms. The number of hydrogen-bond donors (Lipinski definition) is 0. The number of benzene rings is 9. The van der Waals surface area contributed by atoms with Crippen molar-refractivity contribution >= 4 is 83.2 Å². The fourth-order valence-electron chi connectivity index (χ4n) is 9.97. The van der Waals surface area contributed by atoms with Gasteiger partial charge in [-0.05, 0) is 91.2 Å². The highest BCUT2D eigenvalue weighted by atomic mass is 28.3. The Morgan fingerprint density at radius 1 is 0.309 bits per heavy atom. The molecule has 0 saturated carbocycles. The monoisotopic (exact) mass is 714 g/mol. The average molecular weight is 715 g/mol. The first-order chi connectivity index (χ1) is 27.3. The first-order valence-electron chi connectivity index (χ1n) is 19.1. The van der Waals surface area contributed by atoms with Gasteiger partial charge < -0.3 is 9.13 Å². The van der Waals surface area contributed by atoms with Crippen molar-refractivity contribution in [2.45, 2.75) is 0 Å². The summed E-state index contributed by atoms with van der Waals surface area (Å²) in [4.78, 5) is 0. The van der Waals surface area contributed by atoms with Gasteiger partial charge in [-0.2, -0.15) is 0 Å². The molecular weight excluding hydrogens is 681 g/mol. The average Bonchev–Trinajstić information content (AvgIpc) is 3.88. The van der Waals surface area contributed by atoms with Gasteiger partial charge in [-0.15, -0.1) is 0 Å². The van der Waals surface area contributed by atoms with Crippen molar-refractivity contribution in [1.82, 2.24) is 9.13 Å². The lowest BCUT2D eigenvalue weighted by Gasteiger charge is -2.31. The molecule has 0 amide bonds. The second kappa shape index (κ2) is 11.5. The zero-order valence-corrected chi connectivity index (χ0v) is 31.0. The van der Waals surface area contributed by atoms with Crippen LogP contribution in [-0.4, -0.2) is 17.2 Å². The van der Waals surface area contributed by atoms with Crippen LogP contribution in [-0.2, 0) is 0 Å². The number of fused-ring (bicyclic) bond motifs is 11. The normalized spacial score (nSPS) is 13.2. The Morgan fingerprint density at radius 3 is 1.56 bits per heavy atom. The third-order valence-corrected chi connectivity index (χ3v) is 17.1. The predicted octanol–water partition coefficient (Wildman–Crippen LogP) is 10.4. The van der Waals surface area contributed by atoms with E-state index in [1.165, 1.54) is 97.6 Å². The van der Waals surface area contributed by atoms with Crippen LogP contribution < -0.4 is 20.7 Å². The maximum atomic E-state index is 2.45. The number of rotatable bonds is 4. The lowest BCUT2D eigenvalue weighted by atomic mass is 10.0. The maximum absolute atomic E-state index is 2.55. The second-order valence-electron chi connectivity index (χ2n) is 14.8. The molecule has 3 heterocycles. The summed E-state index contributed by atoms with van der Waals surface area (Å²) >= 11 is 0. The molecule has 11 aromatic rings. The van der Waals surface area contributed by atoms with Crippen molar-refractivity contribution in [3.8, 4) is 22.5 Å². The molecule has 0 bridgehead atoms. The molecule has 0 saturated heterocycles. The number of para-hydroxylation sites is 2. The van der Waals surface area contributed by atoms with Gasteiger partial charge in [0.2, 0.25) is 0 Å². The molecule has 0 fully saturated rings. The Morgan fingerprint density at radius 2 is 0.818 bits per heavy atom. The van der Waals surface area contributed by atoms with E-state index in [4.69, 9.17) is 0 Å². The van der Waals surface area contributed by atoms with Crippen molar-refractivity contribution in [1.29, 1.82) is 0 Å². The molecule has 0 atom stereocenters. The van der Waals surface area contributed by atoms with E-state index in [-0.39, 0.29) is 0 Å². The molecule has 0 aliphatic carbocycles. The van der Waals surface area contributed by atoms with Crippen LogP contribution in [0.5, 0.6) is 0 Å². The van der Waals surface area contributed by atoms with Gasteiger partial charge in [-0.25, -0.2) is 0 Å². The van der Waals surface area contributed by atoms with Gasteiger partial charge >= 0.3 is 0 Å². The molecule has 256 valence electrons. The minimum Gasteiger partial charge on any atom is -0.309 e. The van der Waals surface area contributed by atoms with E-state index in [2.05, 4.69) is 215 Å². The summed E-state index contributed by atoms with van der Waals surface area (Å²) in [5.74, 6) is 0. The van der Waals surface area contributed by atoms with Crippen molar-refractivity contribution in [3.05, 3.63) is 206 Å². The molecule has 0 N–H and O–H groups in total. The van der Waals surface area contributed by atoms with Crippen LogP contribution in [0.3, 0.4) is 0 Å². The first-order valence-corrected chi connectivity index (χ1v) is 21.1. The Balaban J connectivity index is 1.06. The molecule has 1 aliphatic rings. The highest BCUT2D eigenvalue weighted by Crippen LogP contribution is 2.39. The minimum absolute atomic E-state index is 1.17. The van der Waals surface area contributed by atoms with Gasteiger partial charge in [0, 0.05) is 32.9 Å². The molecule has 12 rings (SSSR count). The van der Waals surface area contributed by atoms with E-state index in [1.807, 2.05) is 0 Å². The SMILES string of the molecule is c1ccc([Si]2(c3ccc(-n4c5ccccc5c5cc(-n6c7ccccc7c7c8ccccc8ccc76)ccc54)cc3)c3ccccc3-c3ccccc32)cc1. The fraction of sp³-hybridized carbons (Fsp3) is 0. The summed E-state index contributed by atoms with van der Waals surface area (Å²) in [6.45, 7) is 0. The summed E-state index contributed by atoms with van der Waals surface area (Å²) in [6, 6.07) is 77.0. The van der Waals surface area contributed by atoms with Crippen molar-refractivity contribution in [2.75, 3.05) is 0 Å². The smallest absolute Gasteiger partial charge is 0.180 e. The van der Waals surface area contributed by atoms with E-state index in [0.717, 1.165) is 0 Å². The van der Waals surface area contributed by atoms with Gasteiger partial charge in [0.05, 0.1) is 22.1 Å². The van der Waals surface area contributed by atoms with E-state index in [9.17, 15) is 0 Å². The van der Waals surface area contributed by atoms with Gasteiger partial charge in [-0.1, -0.05) is 158 Å². The van der Waals surface area contributed by atoms with Crippen molar-refractivity contribution in [2.24, 2.45) is 0 Å². The number of nitrogens with zero attached hydrogens (tertiary/aromatic N) is 2. The summed E-state index contributed by atoms with van der Waals surface area (Å²) in [7, 11) is -2.55. The lowest BCUT2D eigenvalue weighted by molar-refractivity contribution is 1.17. The topological polar surface area (TPSA) is 9.86 Å². The van der Waals surface area contributed by atoms with Gasteiger partial charge in [0.15, 0.2) is 8.07 Å². The van der Waals surface area contributed by atoms with E-state index >= 15 is 0 Å². The van der Waals surface area contributed by atoms with Crippen LogP contribution in [0.15, 0.2) is 206 Å². The Kier molecular flexibility index (Phi) is 6.39. The van der Waals surface area contributed by atoms with Crippen LogP contribution in [0.4, 0.5) is 0 Å². The van der Waals surface area contributed by atoms with Crippen molar-refractivity contribution in [3.63, 3.8) is 0 Å².